The maximum atomic E-state index is 12.4. The Bertz CT molecular complexity index is 729. The third kappa shape index (κ3) is 6.35. The van der Waals surface area contributed by atoms with Crippen LogP contribution in [-0.4, -0.2) is 55.0 Å². The zero-order valence-corrected chi connectivity index (χ0v) is 16.7. The van der Waals surface area contributed by atoms with Crippen LogP contribution in [0, 0.1) is 0 Å². The number of hydrogen-bond acceptors (Lipinski definition) is 3. The van der Waals surface area contributed by atoms with Crippen LogP contribution in [0.3, 0.4) is 0 Å². The van der Waals surface area contributed by atoms with Gasteiger partial charge in [-0.25, -0.2) is 0 Å². The van der Waals surface area contributed by atoms with Gasteiger partial charge in [0.2, 0.25) is 5.91 Å². The summed E-state index contributed by atoms with van der Waals surface area (Å²) in [6, 6.07) is 18.2. The van der Waals surface area contributed by atoms with Crippen molar-refractivity contribution < 1.29 is 4.79 Å². The van der Waals surface area contributed by atoms with Crippen molar-refractivity contribution in [2.45, 2.75) is 19.4 Å². The average Bonchev–Trinajstić information content (AvgIpc) is 2.68. The van der Waals surface area contributed by atoms with Crippen molar-refractivity contribution in [3.63, 3.8) is 0 Å². The molecular weight excluding hydrogens is 358 g/mol. The molecule has 1 saturated heterocycles. The molecule has 27 heavy (non-hydrogen) atoms. The van der Waals surface area contributed by atoms with Crippen LogP contribution in [0.5, 0.6) is 0 Å². The highest BCUT2D eigenvalue weighted by Gasteiger charge is 2.19. The Kier molecular flexibility index (Phi) is 7.27. The number of carbonyl (C=O) groups is 1. The molecule has 1 atom stereocenters. The molecule has 1 fully saturated rings. The van der Waals surface area contributed by atoms with E-state index in [2.05, 4.69) is 45.4 Å². The van der Waals surface area contributed by atoms with E-state index in [1.165, 1.54) is 5.56 Å². The minimum absolute atomic E-state index is 0.0386. The smallest absolute Gasteiger partial charge is 0.234 e. The van der Waals surface area contributed by atoms with Crippen molar-refractivity contribution >= 4 is 17.5 Å². The number of carbonyl (C=O) groups excluding carboxylic acids is 1. The largest absolute Gasteiger partial charge is 0.348 e. The van der Waals surface area contributed by atoms with Gasteiger partial charge in [-0.15, -0.1) is 0 Å². The number of hydrogen-bond donors (Lipinski definition) is 1. The Morgan fingerprint density at radius 1 is 1.04 bits per heavy atom. The SMILES string of the molecule is CC(NC(=O)CN1CCN(CCc2ccccc2)CC1)c1cccc(Cl)c1. The molecule has 144 valence electrons. The van der Waals surface area contributed by atoms with E-state index in [1.807, 2.05) is 31.2 Å². The van der Waals surface area contributed by atoms with Crippen molar-refractivity contribution in [2.24, 2.45) is 0 Å². The van der Waals surface area contributed by atoms with E-state index >= 15 is 0 Å². The molecule has 0 radical (unpaired) electrons. The van der Waals surface area contributed by atoms with Crippen LogP contribution in [0.2, 0.25) is 5.02 Å². The zero-order chi connectivity index (χ0) is 19.1. The lowest BCUT2D eigenvalue weighted by Crippen LogP contribution is -2.50. The van der Waals surface area contributed by atoms with Gasteiger partial charge in [0.25, 0.3) is 0 Å². The van der Waals surface area contributed by atoms with Gasteiger partial charge in [-0.2, -0.15) is 0 Å². The molecular formula is C22H28ClN3O. The fourth-order valence-corrected chi connectivity index (χ4v) is 3.65. The van der Waals surface area contributed by atoms with Crippen molar-refractivity contribution in [1.82, 2.24) is 15.1 Å². The number of amides is 1. The maximum Gasteiger partial charge on any atom is 0.234 e. The second-order valence-corrected chi connectivity index (χ2v) is 7.63. The minimum atomic E-state index is -0.0386. The second-order valence-electron chi connectivity index (χ2n) is 7.20. The second kappa shape index (κ2) is 9.88. The van der Waals surface area contributed by atoms with E-state index in [1.54, 1.807) is 0 Å². The van der Waals surface area contributed by atoms with Crippen LogP contribution in [0.15, 0.2) is 54.6 Å². The van der Waals surface area contributed by atoms with E-state index in [4.69, 9.17) is 11.6 Å². The summed E-state index contributed by atoms with van der Waals surface area (Å²) >= 11 is 6.03. The van der Waals surface area contributed by atoms with Crippen molar-refractivity contribution in [1.29, 1.82) is 0 Å². The number of nitrogens with zero attached hydrogens (tertiary/aromatic N) is 2. The molecule has 5 heteroatoms. The van der Waals surface area contributed by atoms with Crippen LogP contribution < -0.4 is 5.32 Å². The Labute approximate surface area is 167 Å². The molecule has 0 aromatic heterocycles. The molecule has 3 rings (SSSR count). The molecule has 0 bridgehead atoms. The van der Waals surface area contributed by atoms with Crippen LogP contribution in [0.4, 0.5) is 0 Å². The van der Waals surface area contributed by atoms with Crippen LogP contribution >= 0.6 is 11.6 Å². The number of nitrogens with one attached hydrogen (secondary N) is 1. The standard InChI is InChI=1S/C22H28ClN3O/c1-18(20-8-5-9-21(23)16-20)24-22(27)17-26-14-12-25(13-15-26)11-10-19-6-3-2-4-7-19/h2-9,16,18H,10-15,17H2,1H3,(H,24,27). The molecule has 0 spiro atoms. The highest BCUT2D eigenvalue weighted by Crippen LogP contribution is 2.17. The number of rotatable bonds is 7. The van der Waals surface area contributed by atoms with Gasteiger partial charge in [0.1, 0.15) is 0 Å². The van der Waals surface area contributed by atoms with Crippen molar-refractivity contribution in [2.75, 3.05) is 39.3 Å². The molecule has 2 aromatic rings. The van der Waals surface area contributed by atoms with Gasteiger partial charge in [0.05, 0.1) is 12.6 Å². The summed E-state index contributed by atoms with van der Waals surface area (Å²) in [7, 11) is 0. The Balaban J connectivity index is 1.37. The van der Waals surface area contributed by atoms with E-state index in [9.17, 15) is 4.79 Å². The number of piperazine rings is 1. The van der Waals surface area contributed by atoms with E-state index in [0.29, 0.717) is 11.6 Å². The molecule has 4 nitrogen and oxygen atoms in total. The lowest BCUT2D eigenvalue weighted by molar-refractivity contribution is -0.123. The zero-order valence-electron chi connectivity index (χ0n) is 15.9. The van der Waals surface area contributed by atoms with Crippen molar-refractivity contribution in [3.8, 4) is 0 Å². The molecule has 2 aromatic carbocycles. The Morgan fingerprint density at radius 3 is 2.44 bits per heavy atom. The monoisotopic (exact) mass is 385 g/mol. The normalized spacial score (nSPS) is 16.8. The van der Waals surface area contributed by atoms with Gasteiger partial charge in [-0.05, 0) is 36.6 Å². The molecule has 0 aliphatic carbocycles. The first-order valence-corrected chi connectivity index (χ1v) is 10.0. The Hall–Kier alpha value is -1.88. The lowest BCUT2D eigenvalue weighted by Gasteiger charge is -2.34. The van der Waals surface area contributed by atoms with Gasteiger partial charge >= 0.3 is 0 Å². The minimum Gasteiger partial charge on any atom is -0.348 e. The highest BCUT2D eigenvalue weighted by molar-refractivity contribution is 6.30. The van der Waals surface area contributed by atoms with Gasteiger partial charge in [0.15, 0.2) is 0 Å². The first-order chi connectivity index (χ1) is 13.1. The Morgan fingerprint density at radius 2 is 1.74 bits per heavy atom. The highest BCUT2D eigenvalue weighted by atomic mass is 35.5. The fraction of sp³-hybridized carbons (Fsp3) is 0.409. The van der Waals surface area contributed by atoms with Crippen LogP contribution in [-0.2, 0) is 11.2 Å². The third-order valence-electron chi connectivity index (χ3n) is 5.12. The predicted octanol–water partition coefficient (Wildman–Crippen LogP) is 3.38. The molecule has 1 N–H and O–H groups in total. The van der Waals surface area contributed by atoms with Crippen LogP contribution in [0.25, 0.3) is 0 Å². The average molecular weight is 386 g/mol. The molecule has 0 saturated carbocycles. The fourth-order valence-electron chi connectivity index (χ4n) is 3.45. The van der Waals surface area contributed by atoms with Gasteiger partial charge in [-0.1, -0.05) is 54.1 Å². The summed E-state index contributed by atoms with van der Waals surface area (Å²) in [4.78, 5) is 17.1. The summed E-state index contributed by atoms with van der Waals surface area (Å²) in [5, 5.41) is 3.77. The molecule has 1 aliphatic heterocycles. The molecule has 1 unspecified atom stereocenters. The number of benzene rings is 2. The summed E-state index contributed by atoms with van der Waals surface area (Å²) in [6.07, 6.45) is 1.08. The number of halogens is 1. The summed E-state index contributed by atoms with van der Waals surface area (Å²) in [5.74, 6) is 0.0696. The van der Waals surface area contributed by atoms with E-state index in [-0.39, 0.29) is 11.9 Å². The van der Waals surface area contributed by atoms with Gasteiger partial charge in [-0.3, -0.25) is 9.69 Å². The summed E-state index contributed by atoms with van der Waals surface area (Å²) < 4.78 is 0. The maximum absolute atomic E-state index is 12.4. The third-order valence-corrected chi connectivity index (χ3v) is 5.35. The van der Waals surface area contributed by atoms with Gasteiger partial charge in [0, 0.05) is 37.7 Å². The van der Waals surface area contributed by atoms with Crippen LogP contribution in [0.1, 0.15) is 24.1 Å². The van der Waals surface area contributed by atoms with Crippen molar-refractivity contribution in [3.05, 3.63) is 70.7 Å². The summed E-state index contributed by atoms with van der Waals surface area (Å²) in [6.45, 7) is 7.44. The molecule has 1 heterocycles. The first-order valence-electron chi connectivity index (χ1n) is 9.63. The summed E-state index contributed by atoms with van der Waals surface area (Å²) in [5.41, 5.74) is 2.41. The van der Waals surface area contributed by atoms with Gasteiger partial charge < -0.3 is 10.2 Å². The lowest BCUT2D eigenvalue weighted by atomic mass is 10.1. The quantitative estimate of drug-likeness (QED) is 0.793. The topological polar surface area (TPSA) is 35.6 Å². The molecule has 1 amide bonds. The first kappa shape index (κ1) is 19.9. The molecule has 1 aliphatic rings. The van der Waals surface area contributed by atoms with E-state index in [0.717, 1.165) is 44.7 Å². The van der Waals surface area contributed by atoms with E-state index < -0.39 is 0 Å². The predicted molar refractivity (Wildman–Crippen MR) is 111 cm³/mol.